The van der Waals surface area contributed by atoms with Crippen LogP contribution >= 0.6 is 0 Å². The molecule has 0 saturated heterocycles. The number of Topliss-reactive ketones (excluding diaryl/α,β-unsaturated/α-hetero) is 1. The number of aromatic carboxylic acids is 1. The van der Waals surface area contributed by atoms with Gasteiger partial charge in [0.25, 0.3) is 0 Å². The van der Waals surface area contributed by atoms with E-state index in [1.807, 2.05) is 0 Å². The molecule has 0 spiro atoms. The lowest BCUT2D eigenvalue weighted by Crippen LogP contribution is -2.05. The molecule has 0 atom stereocenters. The minimum atomic E-state index is -0.987. The molecule has 3 nitrogen and oxygen atoms in total. The third-order valence-electron chi connectivity index (χ3n) is 3.05. The smallest absolute Gasteiger partial charge is 0.335 e. The normalized spacial score (nSPS) is 10.3. The Morgan fingerprint density at radius 1 is 1.10 bits per heavy atom. The second kappa shape index (κ2) is 5.65. The van der Waals surface area contributed by atoms with E-state index in [1.165, 1.54) is 30.3 Å². The summed E-state index contributed by atoms with van der Waals surface area (Å²) in [5, 5.41) is 8.94. The number of halogens is 1. The first-order valence-electron chi connectivity index (χ1n) is 6.09. The zero-order valence-corrected chi connectivity index (χ0v) is 10.9. The minimum Gasteiger partial charge on any atom is -0.478 e. The summed E-state index contributed by atoms with van der Waals surface area (Å²) < 4.78 is 12.8. The van der Waals surface area contributed by atoms with E-state index in [0.717, 1.165) is 5.56 Å². The van der Waals surface area contributed by atoms with E-state index in [9.17, 15) is 14.0 Å². The summed E-state index contributed by atoms with van der Waals surface area (Å²) in [5.41, 5.74) is 2.01. The van der Waals surface area contributed by atoms with Crippen LogP contribution in [-0.4, -0.2) is 16.9 Å². The molecule has 0 saturated carbocycles. The van der Waals surface area contributed by atoms with E-state index >= 15 is 0 Å². The van der Waals surface area contributed by atoms with Crippen LogP contribution in [0.3, 0.4) is 0 Å². The highest BCUT2D eigenvalue weighted by Gasteiger charge is 2.11. The van der Waals surface area contributed by atoms with E-state index in [2.05, 4.69) is 0 Å². The van der Waals surface area contributed by atoms with Crippen molar-refractivity contribution in [2.45, 2.75) is 13.3 Å². The summed E-state index contributed by atoms with van der Waals surface area (Å²) >= 11 is 0. The molecule has 20 heavy (non-hydrogen) atoms. The van der Waals surface area contributed by atoms with Crippen LogP contribution in [0.25, 0.3) is 0 Å². The van der Waals surface area contributed by atoms with Crippen molar-refractivity contribution in [2.24, 2.45) is 0 Å². The van der Waals surface area contributed by atoms with Crippen LogP contribution in [0.1, 0.15) is 31.8 Å². The second-order valence-electron chi connectivity index (χ2n) is 4.56. The van der Waals surface area contributed by atoms with Crippen molar-refractivity contribution < 1.29 is 19.1 Å². The molecule has 2 aromatic carbocycles. The van der Waals surface area contributed by atoms with Gasteiger partial charge in [-0.25, -0.2) is 9.18 Å². The van der Waals surface area contributed by atoms with Crippen LogP contribution in [0.5, 0.6) is 0 Å². The van der Waals surface area contributed by atoms with Crippen LogP contribution in [0.4, 0.5) is 4.39 Å². The third-order valence-corrected chi connectivity index (χ3v) is 3.05. The lowest BCUT2D eigenvalue weighted by Gasteiger charge is -2.05. The van der Waals surface area contributed by atoms with Crippen molar-refractivity contribution in [1.29, 1.82) is 0 Å². The van der Waals surface area contributed by atoms with Gasteiger partial charge in [-0.3, -0.25) is 4.79 Å². The third kappa shape index (κ3) is 3.09. The zero-order chi connectivity index (χ0) is 14.7. The second-order valence-corrected chi connectivity index (χ2v) is 4.56. The van der Waals surface area contributed by atoms with Gasteiger partial charge in [-0.1, -0.05) is 12.1 Å². The van der Waals surface area contributed by atoms with Crippen molar-refractivity contribution >= 4 is 11.8 Å². The monoisotopic (exact) mass is 272 g/mol. The highest BCUT2D eigenvalue weighted by atomic mass is 19.1. The number of carboxylic acid groups (broad SMARTS) is 1. The molecule has 102 valence electrons. The van der Waals surface area contributed by atoms with Crippen LogP contribution in [-0.2, 0) is 6.42 Å². The van der Waals surface area contributed by atoms with Gasteiger partial charge in [0.15, 0.2) is 5.78 Å². The molecule has 0 aliphatic rings. The van der Waals surface area contributed by atoms with E-state index in [-0.39, 0.29) is 23.6 Å². The molecular formula is C16H13FO3. The summed E-state index contributed by atoms with van der Waals surface area (Å²) in [4.78, 5) is 22.9. The molecule has 0 aliphatic heterocycles. The largest absolute Gasteiger partial charge is 0.478 e. The Bertz CT molecular complexity index is 660. The van der Waals surface area contributed by atoms with Gasteiger partial charge in [0.05, 0.1) is 5.56 Å². The average molecular weight is 272 g/mol. The number of hydrogen-bond donors (Lipinski definition) is 1. The summed E-state index contributed by atoms with van der Waals surface area (Å²) in [7, 11) is 0. The molecule has 2 rings (SSSR count). The van der Waals surface area contributed by atoms with Crippen molar-refractivity contribution in [1.82, 2.24) is 0 Å². The first kappa shape index (κ1) is 13.9. The summed E-state index contributed by atoms with van der Waals surface area (Å²) in [6.07, 6.45) is 0.159. The number of rotatable bonds is 4. The summed E-state index contributed by atoms with van der Waals surface area (Å²) in [6, 6.07) is 10.2. The molecule has 0 fully saturated rings. The number of carbonyl (C=O) groups is 2. The maximum atomic E-state index is 12.8. The van der Waals surface area contributed by atoms with E-state index < -0.39 is 5.97 Å². The topological polar surface area (TPSA) is 54.4 Å². The molecule has 0 unspecified atom stereocenters. The standard InChI is InChI=1S/C16H13FO3/c1-10-8-11(2-7-14(10)16(19)20)9-15(18)12-3-5-13(17)6-4-12/h2-8H,9H2,1H3,(H,19,20). The van der Waals surface area contributed by atoms with Gasteiger partial charge < -0.3 is 5.11 Å². The fraction of sp³-hybridized carbons (Fsp3) is 0.125. The van der Waals surface area contributed by atoms with Crippen LogP contribution in [0.15, 0.2) is 42.5 Å². The predicted molar refractivity (Wildman–Crippen MR) is 72.6 cm³/mol. The zero-order valence-electron chi connectivity index (χ0n) is 10.9. The molecule has 0 aromatic heterocycles. The lowest BCUT2D eigenvalue weighted by atomic mass is 9.99. The molecule has 0 heterocycles. The van der Waals surface area contributed by atoms with Crippen molar-refractivity contribution in [3.8, 4) is 0 Å². The van der Waals surface area contributed by atoms with E-state index in [1.54, 1.807) is 19.1 Å². The van der Waals surface area contributed by atoms with E-state index in [4.69, 9.17) is 5.11 Å². The molecule has 2 aromatic rings. The quantitative estimate of drug-likeness (QED) is 0.869. The van der Waals surface area contributed by atoms with Crippen molar-refractivity contribution in [3.63, 3.8) is 0 Å². The van der Waals surface area contributed by atoms with Gasteiger partial charge in [-0.15, -0.1) is 0 Å². The summed E-state index contributed by atoms with van der Waals surface area (Å²) in [6.45, 7) is 1.69. The first-order valence-corrected chi connectivity index (χ1v) is 6.09. The molecule has 4 heteroatoms. The van der Waals surface area contributed by atoms with Gasteiger partial charge in [0, 0.05) is 12.0 Å². The fourth-order valence-corrected chi connectivity index (χ4v) is 2.00. The predicted octanol–water partition coefficient (Wildman–Crippen LogP) is 3.26. The Kier molecular flexibility index (Phi) is 3.94. The van der Waals surface area contributed by atoms with Crippen molar-refractivity contribution in [3.05, 3.63) is 70.5 Å². The maximum absolute atomic E-state index is 12.8. The number of ketones is 1. The number of aryl methyl sites for hydroxylation is 1. The molecule has 0 bridgehead atoms. The van der Waals surface area contributed by atoms with Crippen LogP contribution in [0, 0.1) is 12.7 Å². The molecular weight excluding hydrogens is 259 g/mol. The molecule has 0 aliphatic carbocycles. The Morgan fingerprint density at radius 3 is 2.30 bits per heavy atom. The fourth-order valence-electron chi connectivity index (χ4n) is 2.00. The highest BCUT2D eigenvalue weighted by Crippen LogP contribution is 2.14. The molecule has 1 N–H and O–H groups in total. The highest BCUT2D eigenvalue weighted by molar-refractivity contribution is 5.97. The Morgan fingerprint density at radius 2 is 1.75 bits per heavy atom. The molecule has 0 amide bonds. The SMILES string of the molecule is Cc1cc(CC(=O)c2ccc(F)cc2)ccc1C(=O)O. The minimum absolute atomic E-state index is 0.132. The number of carbonyl (C=O) groups excluding carboxylic acids is 1. The molecule has 0 radical (unpaired) electrons. The van der Waals surface area contributed by atoms with Gasteiger partial charge in [0.2, 0.25) is 0 Å². The van der Waals surface area contributed by atoms with Gasteiger partial charge in [-0.2, -0.15) is 0 Å². The Hall–Kier alpha value is -2.49. The van der Waals surface area contributed by atoms with Crippen molar-refractivity contribution in [2.75, 3.05) is 0 Å². The van der Waals surface area contributed by atoms with Crippen LogP contribution < -0.4 is 0 Å². The van der Waals surface area contributed by atoms with Gasteiger partial charge in [0.1, 0.15) is 5.82 Å². The van der Waals surface area contributed by atoms with Gasteiger partial charge >= 0.3 is 5.97 Å². The van der Waals surface area contributed by atoms with E-state index in [0.29, 0.717) is 11.1 Å². The average Bonchev–Trinajstić information content (AvgIpc) is 2.39. The summed E-state index contributed by atoms with van der Waals surface area (Å²) in [5.74, 6) is -1.51. The number of hydrogen-bond acceptors (Lipinski definition) is 2. The number of carboxylic acids is 1. The Balaban J connectivity index is 2.18. The Labute approximate surface area is 115 Å². The maximum Gasteiger partial charge on any atom is 0.335 e. The first-order chi connectivity index (χ1) is 9.47. The van der Waals surface area contributed by atoms with Crippen LogP contribution in [0.2, 0.25) is 0 Å². The van der Waals surface area contributed by atoms with Gasteiger partial charge in [-0.05, 0) is 48.4 Å². The number of benzene rings is 2. The lowest BCUT2D eigenvalue weighted by molar-refractivity contribution is 0.0696.